The average molecular weight is 254 g/mol. The van der Waals surface area contributed by atoms with Crippen LogP contribution in [0.25, 0.3) is 0 Å². The van der Waals surface area contributed by atoms with Gasteiger partial charge < -0.3 is 10.6 Å². The first-order valence-electron chi connectivity index (χ1n) is 6.31. The van der Waals surface area contributed by atoms with E-state index in [2.05, 4.69) is 41.8 Å². The Hall–Kier alpha value is -2.29. The molecule has 0 unspecified atom stereocenters. The molecule has 2 aromatic carbocycles. The first-order valence-corrected chi connectivity index (χ1v) is 6.31. The maximum absolute atomic E-state index is 11.7. The van der Waals surface area contributed by atoms with Gasteiger partial charge in [0, 0.05) is 19.3 Å². The molecule has 2 rings (SSSR count). The Labute approximate surface area is 113 Å². The maximum atomic E-state index is 11.7. The third kappa shape index (κ3) is 3.35. The molecule has 0 aliphatic rings. The van der Waals surface area contributed by atoms with Crippen molar-refractivity contribution < 1.29 is 4.79 Å². The quantitative estimate of drug-likeness (QED) is 0.880. The molecule has 0 heterocycles. The molecule has 0 aliphatic heterocycles. The molecule has 0 saturated carbocycles. The number of carbonyl (C=O) groups is 1. The third-order valence-corrected chi connectivity index (χ3v) is 3.00. The third-order valence-electron chi connectivity index (χ3n) is 3.00. The average Bonchev–Trinajstić information content (AvgIpc) is 2.46. The van der Waals surface area contributed by atoms with Crippen LogP contribution in [0.3, 0.4) is 0 Å². The van der Waals surface area contributed by atoms with E-state index in [1.54, 1.807) is 7.05 Å². The Bertz CT molecular complexity index is 561. The monoisotopic (exact) mass is 254 g/mol. The summed E-state index contributed by atoms with van der Waals surface area (Å²) in [4.78, 5) is 11.7. The van der Waals surface area contributed by atoms with Gasteiger partial charge in [0.25, 0.3) is 5.91 Å². The second-order valence-electron chi connectivity index (χ2n) is 4.46. The Morgan fingerprint density at radius 3 is 2.42 bits per heavy atom. The normalized spacial score (nSPS) is 10.0. The van der Waals surface area contributed by atoms with Gasteiger partial charge in [-0.3, -0.25) is 4.79 Å². The minimum Gasteiger partial charge on any atom is -0.380 e. The van der Waals surface area contributed by atoms with Crippen molar-refractivity contribution in [2.75, 3.05) is 12.4 Å². The molecular formula is C16H18N2O. The van der Waals surface area contributed by atoms with E-state index in [9.17, 15) is 4.79 Å². The van der Waals surface area contributed by atoms with Gasteiger partial charge >= 0.3 is 0 Å². The summed E-state index contributed by atoms with van der Waals surface area (Å²) in [5.41, 5.74) is 3.95. The Morgan fingerprint density at radius 2 is 1.74 bits per heavy atom. The van der Waals surface area contributed by atoms with Gasteiger partial charge in [-0.05, 0) is 24.6 Å². The minimum absolute atomic E-state index is 0.0768. The zero-order valence-corrected chi connectivity index (χ0v) is 11.2. The highest BCUT2D eigenvalue weighted by molar-refractivity contribution is 5.99. The van der Waals surface area contributed by atoms with Crippen molar-refractivity contribution in [3.8, 4) is 0 Å². The van der Waals surface area contributed by atoms with E-state index < -0.39 is 0 Å². The van der Waals surface area contributed by atoms with Crippen LogP contribution in [0.15, 0.2) is 48.5 Å². The number of benzene rings is 2. The highest BCUT2D eigenvalue weighted by Crippen LogP contribution is 2.16. The van der Waals surface area contributed by atoms with Gasteiger partial charge in [0.1, 0.15) is 0 Å². The van der Waals surface area contributed by atoms with Crippen LogP contribution in [0.2, 0.25) is 0 Å². The summed E-state index contributed by atoms with van der Waals surface area (Å²) in [6, 6.07) is 15.9. The summed E-state index contributed by atoms with van der Waals surface area (Å²) in [5, 5.41) is 5.95. The second kappa shape index (κ2) is 6.05. The summed E-state index contributed by atoms with van der Waals surface area (Å²) in [6.07, 6.45) is 0. The van der Waals surface area contributed by atoms with Crippen LogP contribution in [0.1, 0.15) is 21.5 Å². The topological polar surface area (TPSA) is 41.1 Å². The largest absolute Gasteiger partial charge is 0.380 e. The van der Waals surface area contributed by atoms with Gasteiger partial charge in [-0.15, -0.1) is 0 Å². The Morgan fingerprint density at radius 1 is 1.05 bits per heavy atom. The predicted molar refractivity (Wildman–Crippen MR) is 78.3 cm³/mol. The van der Waals surface area contributed by atoms with E-state index in [-0.39, 0.29) is 5.91 Å². The van der Waals surface area contributed by atoms with Gasteiger partial charge in [0.15, 0.2) is 0 Å². The first kappa shape index (κ1) is 13.1. The molecule has 0 aliphatic carbocycles. The van der Waals surface area contributed by atoms with E-state index in [4.69, 9.17) is 0 Å². The molecule has 3 nitrogen and oxygen atoms in total. The fourth-order valence-electron chi connectivity index (χ4n) is 1.87. The molecule has 0 aromatic heterocycles. The molecule has 0 radical (unpaired) electrons. The van der Waals surface area contributed by atoms with Gasteiger partial charge in [-0.2, -0.15) is 0 Å². The summed E-state index contributed by atoms with van der Waals surface area (Å²) >= 11 is 0. The smallest absolute Gasteiger partial charge is 0.253 e. The van der Waals surface area contributed by atoms with E-state index in [1.807, 2.05) is 24.3 Å². The highest BCUT2D eigenvalue weighted by atomic mass is 16.1. The Balaban J connectivity index is 2.11. The van der Waals surface area contributed by atoms with Crippen LogP contribution in [-0.2, 0) is 6.54 Å². The first-order chi connectivity index (χ1) is 9.20. The number of carbonyl (C=O) groups excluding carboxylic acids is 1. The molecular weight excluding hydrogens is 236 g/mol. The van der Waals surface area contributed by atoms with Gasteiger partial charge in [-0.1, -0.05) is 42.0 Å². The van der Waals surface area contributed by atoms with E-state index in [0.717, 1.165) is 5.69 Å². The zero-order chi connectivity index (χ0) is 13.7. The fourth-order valence-corrected chi connectivity index (χ4v) is 1.87. The number of anilines is 1. The minimum atomic E-state index is -0.0768. The number of rotatable bonds is 4. The summed E-state index contributed by atoms with van der Waals surface area (Å²) in [6.45, 7) is 2.77. The zero-order valence-electron chi connectivity index (χ0n) is 11.2. The lowest BCUT2D eigenvalue weighted by Gasteiger charge is -2.11. The summed E-state index contributed by atoms with van der Waals surface area (Å²) in [5.74, 6) is -0.0768. The standard InChI is InChI=1S/C16H18N2O/c1-12-7-9-13(10-8-12)11-18-15-6-4-3-5-14(15)16(19)17-2/h3-10,18H,11H2,1-2H3,(H,17,19). The van der Waals surface area contributed by atoms with Crippen molar-refractivity contribution in [1.82, 2.24) is 5.32 Å². The molecule has 0 saturated heterocycles. The molecule has 2 aromatic rings. The van der Waals surface area contributed by atoms with Crippen molar-refractivity contribution in [1.29, 1.82) is 0 Å². The lowest BCUT2D eigenvalue weighted by Crippen LogP contribution is -2.19. The van der Waals surface area contributed by atoms with E-state index in [1.165, 1.54) is 11.1 Å². The van der Waals surface area contributed by atoms with Crippen LogP contribution in [0.4, 0.5) is 5.69 Å². The van der Waals surface area contributed by atoms with Crippen LogP contribution >= 0.6 is 0 Å². The lowest BCUT2D eigenvalue weighted by molar-refractivity contribution is 0.0964. The number of amides is 1. The molecule has 2 N–H and O–H groups in total. The van der Waals surface area contributed by atoms with Crippen molar-refractivity contribution in [3.63, 3.8) is 0 Å². The second-order valence-corrected chi connectivity index (χ2v) is 4.46. The number of aryl methyl sites for hydroxylation is 1. The number of nitrogens with one attached hydrogen (secondary N) is 2. The Kier molecular flexibility index (Phi) is 4.18. The summed E-state index contributed by atoms with van der Waals surface area (Å²) in [7, 11) is 1.64. The molecule has 0 fully saturated rings. The van der Waals surface area contributed by atoms with Crippen molar-refractivity contribution in [2.45, 2.75) is 13.5 Å². The number of para-hydroxylation sites is 1. The maximum Gasteiger partial charge on any atom is 0.253 e. The van der Waals surface area contributed by atoms with Gasteiger partial charge in [0.05, 0.1) is 5.56 Å². The SMILES string of the molecule is CNC(=O)c1ccccc1NCc1ccc(C)cc1. The fraction of sp³-hybridized carbons (Fsp3) is 0.188. The van der Waals surface area contributed by atoms with Crippen molar-refractivity contribution in [3.05, 3.63) is 65.2 Å². The summed E-state index contributed by atoms with van der Waals surface area (Å²) < 4.78 is 0. The number of hydrogen-bond acceptors (Lipinski definition) is 2. The molecule has 1 amide bonds. The highest BCUT2D eigenvalue weighted by Gasteiger charge is 2.08. The van der Waals surface area contributed by atoms with E-state index >= 15 is 0 Å². The van der Waals surface area contributed by atoms with Crippen LogP contribution in [-0.4, -0.2) is 13.0 Å². The van der Waals surface area contributed by atoms with Crippen LogP contribution in [0, 0.1) is 6.92 Å². The lowest BCUT2D eigenvalue weighted by atomic mass is 10.1. The predicted octanol–water partition coefficient (Wildman–Crippen LogP) is 2.97. The molecule has 3 heteroatoms. The molecule has 98 valence electrons. The van der Waals surface area contributed by atoms with Gasteiger partial charge in [-0.25, -0.2) is 0 Å². The van der Waals surface area contributed by atoms with Crippen molar-refractivity contribution in [2.24, 2.45) is 0 Å². The van der Waals surface area contributed by atoms with Crippen LogP contribution in [0.5, 0.6) is 0 Å². The van der Waals surface area contributed by atoms with E-state index in [0.29, 0.717) is 12.1 Å². The molecule has 0 bridgehead atoms. The van der Waals surface area contributed by atoms with Crippen LogP contribution < -0.4 is 10.6 Å². The number of hydrogen-bond donors (Lipinski definition) is 2. The van der Waals surface area contributed by atoms with Gasteiger partial charge in [0.2, 0.25) is 0 Å². The molecule has 0 spiro atoms. The van der Waals surface area contributed by atoms with Crippen molar-refractivity contribution >= 4 is 11.6 Å². The molecule has 19 heavy (non-hydrogen) atoms. The molecule has 0 atom stereocenters.